The van der Waals surface area contributed by atoms with Gasteiger partial charge in [-0.05, 0) is 36.1 Å². The number of benzene rings is 2. The van der Waals surface area contributed by atoms with Gasteiger partial charge in [-0.1, -0.05) is 49.4 Å². The molecule has 112 valence electrons. The molecule has 0 bridgehead atoms. The third-order valence-corrected chi connectivity index (χ3v) is 5.58. The maximum Gasteiger partial charge on any atom is 0.243 e. The molecule has 0 aliphatic heterocycles. The van der Waals surface area contributed by atoms with E-state index in [0.29, 0.717) is 11.4 Å². The molecular weight excluding hydrogens is 282 g/mol. The van der Waals surface area contributed by atoms with Crippen molar-refractivity contribution < 1.29 is 8.42 Å². The first-order valence-electron chi connectivity index (χ1n) is 7.05. The largest absolute Gasteiger partial charge is 0.243 e. The Morgan fingerprint density at radius 1 is 0.952 bits per heavy atom. The van der Waals surface area contributed by atoms with Crippen LogP contribution >= 0.6 is 0 Å². The van der Waals surface area contributed by atoms with Crippen LogP contribution in [0.3, 0.4) is 0 Å². The van der Waals surface area contributed by atoms with Crippen LogP contribution < -0.4 is 0 Å². The van der Waals surface area contributed by atoms with E-state index in [0.717, 1.165) is 17.5 Å². The van der Waals surface area contributed by atoms with E-state index in [9.17, 15) is 8.42 Å². The minimum absolute atomic E-state index is 0.373. The number of aryl methyl sites for hydroxylation is 2. The number of sulfonamides is 1. The smallest absolute Gasteiger partial charge is 0.207 e. The lowest BCUT2D eigenvalue weighted by Gasteiger charge is -2.18. The molecule has 0 radical (unpaired) electrons. The summed E-state index contributed by atoms with van der Waals surface area (Å²) in [6.45, 7) is 4.29. The number of hydrogen-bond acceptors (Lipinski definition) is 2. The Hall–Kier alpha value is -1.65. The fraction of sp³-hybridized carbons (Fsp3) is 0.294. The zero-order valence-corrected chi connectivity index (χ0v) is 13.5. The molecule has 0 N–H and O–H groups in total. The van der Waals surface area contributed by atoms with Gasteiger partial charge in [-0.25, -0.2) is 8.42 Å². The van der Waals surface area contributed by atoms with E-state index >= 15 is 0 Å². The average Bonchev–Trinajstić information content (AvgIpc) is 2.48. The zero-order valence-electron chi connectivity index (χ0n) is 12.7. The van der Waals surface area contributed by atoms with Gasteiger partial charge < -0.3 is 0 Å². The van der Waals surface area contributed by atoms with Crippen LogP contribution in [0, 0.1) is 6.92 Å². The van der Waals surface area contributed by atoms with Gasteiger partial charge in [0.2, 0.25) is 10.0 Å². The van der Waals surface area contributed by atoms with Gasteiger partial charge in [-0.2, -0.15) is 4.31 Å². The molecule has 0 unspecified atom stereocenters. The summed E-state index contributed by atoms with van der Waals surface area (Å²) in [6, 6.07) is 15.1. The van der Waals surface area contributed by atoms with Crippen LogP contribution in [0.4, 0.5) is 0 Å². The third-order valence-electron chi connectivity index (χ3n) is 3.62. The Balaban J connectivity index is 2.22. The van der Waals surface area contributed by atoms with Crippen molar-refractivity contribution in [1.29, 1.82) is 0 Å². The highest BCUT2D eigenvalue weighted by molar-refractivity contribution is 7.89. The van der Waals surface area contributed by atoms with Gasteiger partial charge in [-0.15, -0.1) is 0 Å². The van der Waals surface area contributed by atoms with Crippen LogP contribution in [-0.2, 0) is 23.0 Å². The van der Waals surface area contributed by atoms with E-state index in [1.54, 1.807) is 19.2 Å². The highest BCUT2D eigenvalue weighted by atomic mass is 32.2. The molecule has 0 amide bonds. The molecule has 0 saturated carbocycles. The van der Waals surface area contributed by atoms with Crippen LogP contribution in [0.5, 0.6) is 0 Å². The summed E-state index contributed by atoms with van der Waals surface area (Å²) in [5.41, 5.74) is 3.01. The second-order valence-electron chi connectivity index (χ2n) is 5.20. The van der Waals surface area contributed by atoms with E-state index in [2.05, 4.69) is 6.92 Å². The maximum absolute atomic E-state index is 12.6. The van der Waals surface area contributed by atoms with Gasteiger partial charge in [0.25, 0.3) is 0 Å². The first-order chi connectivity index (χ1) is 9.95. The fourth-order valence-corrected chi connectivity index (χ4v) is 3.62. The molecular formula is C17H21NO2S. The van der Waals surface area contributed by atoms with Crippen molar-refractivity contribution in [2.24, 2.45) is 0 Å². The van der Waals surface area contributed by atoms with Crippen LogP contribution in [0.15, 0.2) is 53.4 Å². The first-order valence-corrected chi connectivity index (χ1v) is 8.49. The summed E-state index contributed by atoms with van der Waals surface area (Å²) >= 11 is 0. The molecule has 0 aliphatic rings. The minimum Gasteiger partial charge on any atom is -0.207 e. The number of hydrogen-bond donors (Lipinski definition) is 0. The van der Waals surface area contributed by atoms with Gasteiger partial charge in [0.15, 0.2) is 0 Å². The van der Waals surface area contributed by atoms with Crippen molar-refractivity contribution in [2.75, 3.05) is 7.05 Å². The maximum atomic E-state index is 12.6. The van der Waals surface area contributed by atoms with Crippen molar-refractivity contribution in [3.05, 3.63) is 65.2 Å². The molecule has 0 saturated heterocycles. The van der Waals surface area contributed by atoms with Crippen molar-refractivity contribution in [3.63, 3.8) is 0 Å². The molecule has 0 spiro atoms. The van der Waals surface area contributed by atoms with Gasteiger partial charge in [-0.3, -0.25) is 0 Å². The van der Waals surface area contributed by atoms with Crippen molar-refractivity contribution in [3.8, 4) is 0 Å². The fourth-order valence-electron chi connectivity index (χ4n) is 2.24. The molecule has 0 aliphatic carbocycles. The Labute approximate surface area is 127 Å². The molecule has 0 heterocycles. The number of rotatable bonds is 5. The van der Waals surface area contributed by atoms with E-state index in [1.807, 2.05) is 43.3 Å². The molecule has 2 rings (SSSR count). The average molecular weight is 303 g/mol. The normalized spacial score (nSPS) is 11.8. The van der Waals surface area contributed by atoms with Crippen molar-refractivity contribution in [2.45, 2.75) is 31.7 Å². The predicted molar refractivity (Wildman–Crippen MR) is 85.7 cm³/mol. The monoisotopic (exact) mass is 303 g/mol. The highest BCUT2D eigenvalue weighted by Gasteiger charge is 2.22. The quantitative estimate of drug-likeness (QED) is 0.849. The zero-order chi connectivity index (χ0) is 15.5. The Kier molecular flexibility index (Phi) is 4.80. The van der Waals surface area contributed by atoms with Crippen molar-refractivity contribution in [1.82, 2.24) is 4.31 Å². The topological polar surface area (TPSA) is 37.4 Å². The summed E-state index contributed by atoms with van der Waals surface area (Å²) in [5, 5.41) is 0. The van der Waals surface area contributed by atoms with Gasteiger partial charge in [0, 0.05) is 13.6 Å². The van der Waals surface area contributed by atoms with E-state index in [4.69, 9.17) is 0 Å². The summed E-state index contributed by atoms with van der Waals surface area (Å²) in [4.78, 5) is 0.373. The summed E-state index contributed by atoms with van der Waals surface area (Å²) in [7, 11) is -1.83. The predicted octanol–water partition coefficient (Wildman–Crippen LogP) is 3.38. The summed E-state index contributed by atoms with van der Waals surface area (Å²) in [6.07, 6.45) is 0.984. The Bertz CT molecular complexity index is 706. The van der Waals surface area contributed by atoms with Crippen LogP contribution in [0.1, 0.15) is 23.6 Å². The lowest BCUT2D eigenvalue weighted by molar-refractivity contribution is 0.466. The van der Waals surface area contributed by atoms with Crippen molar-refractivity contribution >= 4 is 10.0 Å². The van der Waals surface area contributed by atoms with E-state index in [-0.39, 0.29) is 0 Å². The van der Waals surface area contributed by atoms with Crippen LogP contribution in [0.25, 0.3) is 0 Å². The molecule has 2 aromatic rings. The highest BCUT2D eigenvalue weighted by Crippen LogP contribution is 2.20. The second kappa shape index (κ2) is 6.41. The SMILES string of the molecule is CCc1ccc(CN(C)S(=O)(=O)c2ccccc2C)cc1. The van der Waals surface area contributed by atoms with Crippen LogP contribution in [0.2, 0.25) is 0 Å². The molecule has 4 heteroatoms. The van der Waals surface area contributed by atoms with Gasteiger partial charge >= 0.3 is 0 Å². The minimum atomic E-state index is -3.45. The molecule has 0 atom stereocenters. The van der Waals surface area contributed by atoms with Gasteiger partial charge in [0.1, 0.15) is 0 Å². The number of nitrogens with zero attached hydrogens (tertiary/aromatic N) is 1. The lowest BCUT2D eigenvalue weighted by atomic mass is 10.1. The summed E-state index contributed by atoms with van der Waals surface area (Å²) in [5.74, 6) is 0. The molecule has 0 aromatic heterocycles. The first kappa shape index (κ1) is 15.7. The van der Waals surface area contributed by atoms with Gasteiger partial charge in [0.05, 0.1) is 4.90 Å². The summed E-state index contributed by atoms with van der Waals surface area (Å²) < 4.78 is 26.6. The molecule has 0 fully saturated rings. The van der Waals surface area contributed by atoms with E-state index < -0.39 is 10.0 Å². The Morgan fingerprint density at radius 2 is 1.52 bits per heavy atom. The Morgan fingerprint density at radius 3 is 2.10 bits per heavy atom. The van der Waals surface area contributed by atoms with Crippen LogP contribution in [-0.4, -0.2) is 19.8 Å². The van der Waals surface area contributed by atoms with E-state index in [1.165, 1.54) is 9.87 Å². The molecule has 3 nitrogen and oxygen atoms in total. The molecule has 2 aromatic carbocycles. The second-order valence-corrected chi connectivity index (χ2v) is 7.21. The lowest BCUT2D eigenvalue weighted by Crippen LogP contribution is -2.27. The molecule has 21 heavy (non-hydrogen) atoms. The standard InChI is InChI=1S/C17H21NO2S/c1-4-15-9-11-16(12-10-15)13-18(3)21(19,20)17-8-6-5-7-14(17)2/h5-12H,4,13H2,1-3H3. The third kappa shape index (κ3) is 3.52.